The third kappa shape index (κ3) is 3.17. The Bertz CT molecular complexity index is 693. The zero-order valence-electron chi connectivity index (χ0n) is 11.5. The molecule has 0 radical (unpaired) electrons. The van der Waals surface area contributed by atoms with Gasteiger partial charge in [-0.15, -0.1) is 0 Å². The number of nitrogen functional groups attached to an aromatic ring is 1. The Morgan fingerprint density at radius 2 is 2.10 bits per heavy atom. The molecular formula is C13H18N4O2S. The van der Waals surface area contributed by atoms with Crippen molar-refractivity contribution in [3.63, 3.8) is 0 Å². The van der Waals surface area contributed by atoms with E-state index in [-0.39, 0.29) is 11.4 Å². The molecule has 4 N–H and O–H groups in total. The standard InChI is InChI=1S/C13H18N4O2S/c1-9-7-11(14)8-12(10(9)2)20(18,19)17-4-3-13-15-5-6-16-13/h5-8,17H,3-4,14H2,1-2H3,(H,15,16). The molecule has 0 spiro atoms. The molecule has 0 aliphatic heterocycles. The lowest BCUT2D eigenvalue weighted by Gasteiger charge is -2.12. The first kappa shape index (κ1) is 14.5. The van der Waals surface area contributed by atoms with Gasteiger partial charge >= 0.3 is 0 Å². The number of H-pyrrole nitrogens is 1. The molecule has 1 heterocycles. The minimum atomic E-state index is -3.56. The van der Waals surface area contributed by atoms with E-state index in [0.29, 0.717) is 17.7 Å². The van der Waals surface area contributed by atoms with Crippen LogP contribution in [0.4, 0.5) is 5.69 Å². The number of nitrogens with two attached hydrogens (primary N) is 1. The minimum absolute atomic E-state index is 0.231. The highest BCUT2D eigenvalue weighted by molar-refractivity contribution is 7.89. The molecule has 0 amide bonds. The molecule has 1 aromatic heterocycles. The summed E-state index contributed by atoms with van der Waals surface area (Å²) in [7, 11) is -3.56. The molecule has 0 fully saturated rings. The molecule has 1 aromatic carbocycles. The van der Waals surface area contributed by atoms with Crippen LogP contribution >= 0.6 is 0 Å². The largest absolute Gasteiger partial charge is 0.399 e. The predicted molar refractivity (Wildman–Crippen MR) is 77.8 cm³/mol. The SMILES string of the molecule is Cc1cc(N)cc(S(=O)(=O)NCCc2ncc[nH]2)c1C. The number of aromatic nitrogens is 2. The number of aryl methyl sites for hydroxylation is 1. The molecule has 6 nitrogen and oxygen atoms in total. The van der Waals surface area contributed by atoms with Gasteiger partial charge in [0.05, 0.1) is 4.90 Å². The summed E-state index contributed by atoms with van der Waals surface area (Å²) in [4.78, 5) is 7.20. The van der Waals surface area contributed by atoms with Crippen molar-refractivity contribution < 1.29 is 8.42 Å². The van der Waals surface area contributed by atoms with Crippen LogP contribution in [0.5, 0.6) is 0 Å². The third-order valence-electron chi connectivity index (χ3n) is 3.14. The Morgan fingerprint density at radius 3 is 2.75 bits per heavy atom. The molecule has 0 aliphatic rings. The number of benzene rings is 1. The molecule has 108 valence electrons. The second-order valence-corrected chi connectivity index (χ2v) is 6.38. The minimum Gasteiger partial charge on any atom is -0.399 e. The van der Waals surface area contributed by atoms with Crippen LogP contribution in [0.25, 0.3) is 0 Å². The van der Waals surface area contributed by atoms with E-state index in [2.05, 4.69) is 14.7 Å². The maximum absolute atomic E-state index is 12.3. The molecular weight excluding hydrogens is 276 g/mol. The van der Waals surface area contributed by atoms with Crippen molar-refractivity contribution in [2.75, 3.05) is 12.3 Å². The first-order chi connectivity index (χ1) is 9.40. The predicted octanol–water partition coefficient (Wildman–Crippen LogP) is 1.13. The highest BCUT2D eigenvalue weighted by atomic mass is 32.2. The van der Waals surface area contributed by atoms with Gasteiger partial charge in [-0.3, -0.25) is 0 Å². The van der Waals surface area contributed by atoms with Crippen LogP contribution in [0.1, 0.15) is 17.0 Å². The molecule has 2 aromatic rings. The summed E-state index contributed by atoms with van der Waals surface area (Å²) in [5.74, 6) is 0.744. The van der Waals surface area contributed by atoms with E-state index in [1.165, 1.54) is 6.07 Å². The van der Waals surface area contributed by atoms with Gasteiger partial charge in [-0.05, 0) is 37.1 Å². The van der Waals surface area contributed by atoms with Crippen LogP contribution in [-0.4, -0.2) is 24.9 Å². The normalized spacial score (nSPS) is 11.7. The first-order valence-electron chi connectivity index (χ1n) is 6.25. The average Bonchev–Trinajstić information content (AvgIpc) is 2.86. The summed E-state index contributed by atoms with van der Waals surface area (Å²) in [6.07, 6.45) is 3.84. The Balaban J connectivity index is 2.14. The van der Waals surface area contributed by atoms with Gasteiger partial charge in [-0.25, -0.2) is 18.1 Å². The van der Waals surface area contributed by atoms with Gasteiger partial charge in [-0.2, -0.15) is 0 Å². The van der Waals surface area contributed by atoms with Crippen LogP contribution in [0.15, 0.2) is 29.4 Å². The van der Waals surface area contributed by atoms with Crippen molar-refractivity contribution in [3.8, 4) is 0 Å². The molecule has 2 rings (SSSR count). The van der Waals surface area contributed by atoms with Gasteiger partial charge in [0.1, 0.15) is 5.82 Å². The van der Waals surface area contributed by atoms with Gasteiger partial charge in [-0.1, -0.05) is 0 Å². The molecule has 0 unspecified atom stereocenters. The van der Waals surface area contributed by atoms with Gasteiger partial charge in [0, 0.05) is 31.0 Å². The van der Waals surface area contributed by atoms with Gasteiger partial charge < -0.3 is 10.7 Å². The number of anilines is 1. The van der Waals surface area contributed by atoms with E-state index in [9.17, 15) is 8.42 Å². The summed E-state index contributed by atoms with van der Waals surface area (Å²) in [5.41, 5.74) is 7.74. The molecule has 20 heavy (non-hydrogen) atoms. The fourth-order valence-corrected chi connectivity index (χ4v) is 3.33. The maximum Gasteiger partial charge on any atom is 0.240 e. The van der Waals surface area contributed by atoms with E-state index in [1.807, 2.05) is 6.92 Å². The highest BCUT2D eigenvalue weighted by Gasteiger charge is 2.18. The van der Waals surface area contributed by atoms with Crippen molar-refractivity contribution >= 4 is 15.7 Å². The van der Waals surface area contributed by atoms with Crippen molar-refractivity contribution in [3.05, 3.63) is 41.5 Å². The lowest BCUT2D eigenvalue weighted by Crippen LogP contribution is -2.27. The summed E-state index contributed by atoms with van der Waals surface area (Å²) >= 11 is 0. The molecule has 0 saturated carbocycles. The van der Waals surface area contributed by atoms with E-state index in [0.717, 1.165) is 11.4 Å². The van der Waals surface area contributed by atoms with Crippen LogP contribution in [0, 0.1) is 13.8 Å². The van der Waals surface area contributed by atoms with Crippen molar-refractivity contribution in [1.82, 2.24) is 14.7 Å². The van der Waals surface area contributed by atoms with Crippen LogP contribution < -0.4 is 10.5 Å². The Morgan fingerprint density at radius 1 is 1.35 bits per heavy atom. The van der Waals surface area contributed by atoms with E-state index in [4.69, 9.17) is 5.73 Å². The van der Waals surface area contributed by atoms with Crippen LogP contribution in [0.3, 0.4) is 0 Å². The quantitative estimate of drug-likeness (QED) is 0.719. The van der Waals surface area contributed by atoms with Gasteiger partial charge in [0.25, 0.3) is 0 Å². The number of rotatable bonds is 5. The molecule has 0 bridgehead atoms. The number of hydrogen-bond acceptors (Lipinski definition) is 4. The van der Waals surface area contributed by atoms with E-state index >= 15 is 0 Å². The number of nitrogens with zero attached hydrogens (tertiary/aromatic N) is 1. The number of sulfonamides is 1. The number of aromatic amines is 1. The Hall–Kier alpha value is -1.86. The van der Waals surface area contributed by atoms with Crippen LogP contribution in [-0.2, 0) is 16.4 Å². The highest BCUT2D eigenvalue weighted by Crippen LogP contribution is 2.22. The fourth-order valence-electron chi connectivity index (χ4n) is 1.95. The molecule has 7 heteroatoms. The summed E-state index contributed by atoms with van der Waals surface area (Å²) in [6.45, 7) is 3.90. The summed E-state index contributed by atoms with van der Waals surface area (Å²) < 4.78 is 27.1. The lowest BCUT2D eigenvalue weighted by molar-refractivity contribution is 0.580. The van der Waals surface area contributed by atoms with Crippen molar-refractivity contribution in [1.29, 1.82) is 0 Å². The molecule has 0 atom stereocenters. The second kappa shape index (κ2) is 5.64. The fraction of sp³-hybridized carbons (Fsp3) is 0.308. The van der Waals surface area contributed by atoms with Crippen molar-refractivity contribution in [2.24, 2.45) is 0 Å². The number of nitrogens with one attached hydrogen (secondary N) is 2. The Labute approximate surface area is 118 Å². The zero-order chi connectivity index (χ0) is 14.8. The molecule has 0 aliphatic carbocycles. The summed E-state index contributed by atoms with van der Waals surface area (Å²) in [6, 6.07) is 3.24. The van der Waals surface area contributed by atoms with E-state index in [1.54, 1.807) is 25.4 Å². The Kier molecular flexibility index (Phi) is 4.10. The summed E-state index contributed by atoms with van der Waals surface area (Å²) in [5, 5.41) is 0. The zero-order valence-corrected chi connectivity index (χ0v) is 12.3. The van der Waals surface area contributed by atoms with E-state index < -0.39 is 10.0 Å². The smallest absolute Gasteiger partial charge is 0.240 e. The van der Waals surface area contributed by atoms with Crippen LogP contribution in [0.2, 0.25) is 0 Å². The maximum atomic E-state index is 12.3. The monoisotopic (exact) mass is 294 g/mol. The van der Waals surface area contributed by atoms with Gasteiger partial charge in [0.15, 0.2) is 0 Å². The molecule has 0 saturated heterocycles. The van der Waals surface area contributed by atoms with Gasteiger partial charge in [0.2, 0.25) is 10.0 Å². The average molecular weight is 294 g/mol. The number of hydrogen-bond donors (Lipinski definition) is 3. The third-order valence-corrected chi connectivity index (χ3v) is 4.73. The van der Waals surface area contributed by atoms with Crippen molar-refractivity contribution in [2.45, 2.75) is 25.2 Å². The topological polar surface area (TPSA) is 101 Å². The first-order valence-corrected chi connectivity index (χ1v) is 7.73. The number of imidazole rings is 1. The second-order valence-electron chi connectivity index (χ2n) is 4.64. The lowest BCUT2D eigenvalue weighted by atomic mass is 10.1.